The molecular weight excluding hydrogens is 528 g/mol. The number of thiophene rings is 1. The highest BCUT2D eigenvalue weighted by Gasteiger charge is 2.18. The summed E-state index contributed by atoms with van der Waals surface area (Å²) >= 11 is 7.14. The summed E-state index contributed by atoms with van der Waals surface area (Å²) in [6.07, 6.45) is 1.32. The number of ether oxygens (including phenoxy) is 1. The first kappa shape index (κ1) is 26.3. The largest absolute Gasteiger partial charge is 0.422 e. The van der Waals surface area contributed by atoms with Gasteiger partial charge in [-0.2, -0.15) is 5.10 Å². The Morgan fingerprint density at radius 1 is 0.816 bits per heavy atom. The molecule has 3 amide bonds. The van der Waals surface area contributed by atoms with E-state index in [4.69, 9.17) is 16.3 Å². The quantitative estimate of drug-likeness (QED) is 0.0992. The van der Waals surface area contributed by atoms with Gasteiger partial charge in [0, 0.05) is 10.7 Å². The van der Waals surface area contributed by atoms with Crippen molar-refractivity contribution in [1.29, 1.82) is 0 Å². The second-order valence-corrected chi connectivity index (χ2v) is 8.98. The van der Waals surface area contributed by atoms with Crippen LogP contribution in [0.4, 0.5) is 11.4 Å². The molecule has 0 bridgehead atoms. The van der Waals surface area contributed by atoms with E-state index < -0.39 is 23.7 Å². The Balaban J connectivity index is 1.31. The predicted octanol–water partition coefficient (Wildman–Crippen LogP) is 4.96. The number of carbonyl (C=O) groups is 4. The molecule has 0 saturated carbocycles. The number of rotatable bonds is 7. The lowest BCUT2D eigenvalue weighted by Gasteiger charge is -2.11. The van der Waals surface area contributed by atoms with Crippen LogP contribution in [0.1, 0.15) is 25.6 Å². The minimum absolute atomic E-state index is 0.149. The number of benzene rings is 3. The summed E-state index contributed by atoms with van der Waals surface area (Å²) in [6, 6.07) is 22.6. The van der Waals surface area contributed by atoms with Crippen molar-refractivity contribution in [3.8, 4) is 5.75 Å². The third-order valence-corrected chi connectivity index (χ3v) is 6.02. The minimum atomic E-state index is -1.03. The number of carbonyl (C=O) groups excluding carboxylic acids is 4. The molecule has 0 spiro atoms. The van der Waals surface area contributed by atoms with Gasteiger partial charge in [-0.3, -0.25) is 14.4 Å². The van der Waals surface area contributed by atoms with Gasteiger partial charge in [0.25, 0.3) is 5.91 Å². The van der Waals surface area contributed by atoms with E-state index in [1.165, 1.54) is 29.7 Å². The van der Waals surface area contributed by atoms with Gasteiger partial charge in [-0.1, -0.05) is 29.8 Å². The van der Waals surface area contributed by atoms with E-state index in [0.29, 0.717) is 26.9 Å². The molecule has 9 nitrogen and oxygen atoms in total. The van der Waals surface area contributed by atoms with E-state index in [1.54, 1.807) is 78.2 Å². The zero-order valence-corrected chi connectivity index (χ0v) is 21.1. The molecule has 3 aromatic carbocycles. The van der Waals surface area contributed by atoms with E-state index in [2.05, 4.69) is 21.2 Å². The van der Waals surface area contributed by atoms with Gasteiger partial charge < -0.3 is 15.4 Å². The van der Waals surface area contributed by atoms with Gasteiger partial charge in [0.05, 0.1) is 17.5 Å². The number of nitrogens with zero attached hydrogens (tertiary/aromatic N) is 1. The molecule has 190 valence electrons. The van der Waals surface area contributed by atoms with Crippen molar-refractivity contribution in [2.45, 2.75) is 0 Å². The van der Waals surface area contributed by atoms with Crippen LogP contribution in [-0.2, 0) is 9.59 Å². The molecule has 0 aliphatic rings. The average molecular weight is 547 g/mol. The molecule has 0 atom stereocenters. The summed E-state index contributed by atoms with van der Waals surface area (Å²) in [7, 11) is 0. The van der Waals surface area contributed by atoms with Crippen LogP contribution in [-0.4, -0.2) is 29.9 Å². The molecular formula is C27H19ClN4O5S. The molecule has 1 aromatic heterocycles. The zero-order valence-electron chi connectivity index (χ0n) is 19.5. The molecule has 38 heavy (non-hydrogen) atoms. The monoisotopic (exact) mass is 546 g/mol. The summed E-state index contributed by atoms with van der Waals surface area (Å²) in [5, 5.41) is 11.2. The first-order chi connectivity index (χ1) is 18.4. The second-order valence-electron chi connectivity index (χ2n) is 7.60. The SMILES string of the molecule is O=C(NN=Cc1ccc(OC(=O)c2cccs2)cc1)C(=O)Nc1ccccc1C(=O)Nc1ccc(Cl)cc1. The van der Waals surface area contributed by atoms with Gasteiger partial charge in [-0.15, -0.1) is 11.3 Å². The molecule has 0 unspecified atom stereocenters. The Hall–Kier alpha value is -4.80. The van der Waals surface area contributed by atoms with Crippen LogP contribution in [0.25, 0.3) is 0 Å². The maximum atomic E-state index is 12.7. The van der Waals surface area contributed by atoms with Crippen molar-refractivity contribution in [1.82, 2.24) is 5.43 Å². The molecule has 11 heteroatoms. The Bertz CT molecular complexity index is 1490. The normalized spacial score (nSPS) is 10.6. The average Bonchev–Trinajstić information content (AvgIpc) is 3.47. The third kappa shape index (κ3) is 7.12. The van der Waals surface area contributed by atoms with Crippen molar-refractivity contribution >= 4 is 64.2 Å². The molecule has 0 aliphatic heterocycles. The van der Waals surface area contributed by atoms with Gasteiger partial charge in [0.15, 0.2) is 0 Å². The van der Waals surface area contributed by atoms with E-state index >= 15 is 0 Å². The number of para-hydroxylation sites is 1. The summed E-state index contributed by atoms with van der Waals surface area (Å²) in [5.74, 6) is -2.63. The van der Waals surface area contributed by atoms with Crippen molar-refractivity contribution < 1.29 is 23.9 Å². The highest BCUT2D eigenvalue weighted by atomic mass is 35.5. The van der Waals surface area contributed by atoms with E-state index in [9.17, 15) is 19.2 Å². The van der Waals surface area contributed by atoms with Crippen LogP contribution >= 0.6 is 22.9 Å². The third-order valence-electron chi connectivity index (χ3n) is 4.92. The molecule has 0 radical (unpaired) electrons. The fourth-order valence-corrected chi connectivity index (χ4v) is 3.82. The van der Waals surface area contributed by atoms with Crippen molar-refractivity contribution in [2.75, 3.05) is 10.6 Å². The molecule has 0 fully saturated rings. The maximum Gasteiger partial charge on any atom is 0.353 e. The maximum absolute atomic E-state index is 12.7. The molecule has 4 aromatic rings. The Labute approximate surface area is 226 Å². The number of nitrogens with one attached hydrogen (secondary N) is 3. The van der Waals surface area contributed by atoms with Crippen LogP contribution in [0.3, 0.4) is 0 Å². The summed E-state index contributed by atoms with van der Waals surface area (Å²) < 4.78 is 5.28. The van der Waals surface area contributed by atoms with Crippen molar-refractivity contribution in [3.05, 3.63) is 111 Å². The van der Waals surface area contributed by atoms with Gasteiger partial charge in [-0.25, -0.2) is 10.2 Å². The summed E-state index contributed by atoms with van der Waals surface area (Å²) in [5.41, 5.74) is 3.54. The first-order valence-electron chi connectivity index (χ1n) is 11.0. The van der Waals surface area contributed by atoms with E-state index in [1.807, 2.05) is 0 Å². The number of hydrogen-bond donors (Lipinski definition) is 3. The molecule has 4 rings (SSSR count). The van der Waals surface area contributed by atoms with Gasteiger partial charge >= 0.3 is 17.8 Å². The molecule has 0 saturated heterocycles. The highest BCUT2D eigenvalue weighted by Crippen LogP contribution is 2.19. The number of amides is 3. The van der Waals surface area contributed by atoms with Crippen molar-refractivity contribution in [3.63, 3.8) is 0 Å². The van der Waals surface area contributed by atoms with Crippen LogP contribution in [0.5, 0.6) is 5.75 Å². The van der Waals surface area contributed by atoms with Crippen LogP contribution < -0.4 is 20.8 Å². The Morgan fingerprint density at radius 3 is 2.26 bits per heavy atom. The lowest BCUT2D eigenvalue weighted by Crippen LogP contribution is -2.33. The van der Waals surface area contributed by atoms with Gasteiger partial charge in [-0.05, 0) is 77.7 Å². The topological polar surface area (TPSA) is 126 Å². The standard InChI is InChI=1S/C27H19ClN4O5S/c28-18-9-11-19(12-10-18)30-24(33)21-4-1-2-5-22(21)31-25(34)26(35)32-29-16-17-7-13-20(14-8-17)37-27(36)23-6-3-15-38-23/h1-16H,(H,30,33)(H,31,34)(H,32,35). The van der Waals surface area contributed by atoms with Crippen LogP contribution in [0.15, 0.2) is 95.4 Å². The summed E-state index contributed by atoms with van der Waals surface area (Å²) in [4.78, 5) is 49.8. The Kier molecular flexibility index (Phi) is 8.60. The minimum Gasteiger partial charge on any atom is -0.422 e. The number of hydrogen-bond acceptors (Lipinski definition) is 7. The van der Waals surface area contributed by atoms with E-state index in [-0.39, 0.29) is 11.3 Å². The highest BCUT2D eigenvalue weighted by molar-refractivity contribution is 7.12. The lowest BCUT2D eigenvalue weighted by atomic mass is 10.1. The smallest absolute Gasteiger partial charge is 0.353 e. The number of anilines is 2. The summed E-state index contributed by atoms with van der Waals surface area (Å²) in [6.45, 7) is 0. The molecule has 1 heterocycles. The predicted molar refractivity (Wildman–Crippen MR) is 146 cm³/mol. The fraction of sp³-hybridized carbons (Fsp3) is 0. The van der Waals surface area contributed by atoms with E-state index in [0.717, 1.165) is 0 Å². The van der Waals surface area contributed by atoms with Crippen molar-refractivity contribution in [2.24, 2.45) is 5.10 Å². The number of hydrazone groups is 1. The Morgan fingerprint density at radius 2 is 1.55 bits per heavy atom. The molecule has 0 aliphatic carbocycles. The molecule has 3 N–H and O–H groups in total. The number of esters is 1. The van der Waals surface area contributed by atoms with Crippen LogP contribution in [0, 0.1) is 0 Å². The lowest BCUT2D eigenvalue weighted by molar-refractivity contribution is -0.136. The van der Waals surface area contributed by atoms with Crippen LogP contribution in [0.2, 0.25) is 5.02 Å². The zero-order chi connectivity index (χ0) is 26.9. The van der Waals surface area contributed by atoms with Gasteiger partial charge in [0.2, 0.25) is 0 Å². The number of halogens is 1. The first-order valence-corrected chi connectivity index (χ1v) is 12.3. The fourth-order valence-electron chi connectivity index (χ4n) is 3.09. The van der Waals surface area contributed by atoms with Gasteiger partial charge in [0.1, 0.15) is 10.6 Å². The second kappa shape index (κ2) is 12.4.